The quantitative estimate of drug-likeness (QED) is 0.774. The first-order valence-electron chi connectivity index (χ1n) is 4.77. The molecule has 0 bridgehead atoms. The summed E-state index contributed by atoms with van der Waals surface area (Å²) in [6, 6.07) is 0. The van der Waals surface area contributed by atoms with Gasteiger partial charge in [-0.15, -0.1) is 10.2 Å². The second kappa shape index (κ2) is 3.08. The molecular weight excluding hydrogens is 182 g/mol. The van der Waals surface area contributed by atoms with E-state index in [2.05, 4.69) is 10.2 Å². The number of nitrogens with zero attached hydrogens (tertiary/aromatic N) is 3. The van der Waals surface area contributed by atoms with Crippen LogP contribution in [-0.4, -0.2) is 25.8 Å². The predicted octanol–water partition coefficient (Wildman–Crippen LogP) is 0.795. The van der Waals surface area contributed by atoms with E-state index in [4.69, 9.17) is 5.11 Å². The van der Waals surface area contributed by atoms with Crippen molar-refractivity contribution in [3.8, 4) is 0 Å². The summed E-state index contributed by atoms with van der Waals surface area (Å²) in [5.41, 5.74) is 0. The maximum absolute atomic E-state index is 10.7. The van der Waals surface area contributed by atoms with E-state index >= 15 is 0 Å². The van der Waals surface area contributed by atoms with Crippen LogP contribution in [-0.2, 0) is 11.3 Å². The molecule has 0 saturated heterocycles. The van der Waals surface area contributed by atoms with Crippen LogP contribution in [0, 0.1) is 12.8 Å². The second-order valence-electron chi connectivity index (χ2n) is 3.64. The van der Waals surface area contributed by atoms with Gasteiger partial charge in [-0.05, 0) is 20.3 Å². The Labute approximate surface area is 81.8 Å². The van der Waals surface area contributed by atoms with Gasteiger partial charge in [-0.25, -0.2) is 0 Å². The summed E-state index contributed by atoms with van der Waals surface area (Å²) in [6.45, 7) is 4.70. The Morgan fingerprint density at radius 1 is 1.64 bits per heavy atom. The molecule has 0 spiro atoms. The Morgan fingerprint density at radius 2 is 2.36 bits per heavy atom. The normalized spacial score (nSPS) is 25.0. The molecule has 1 aromatic rings. The largest absolute Gasteiger partial charge is 0.481 e. The number of carbonyl (C=O) groups is 1. The average molecular weight is 195 g/mol. The van der Waals surface area contributed by atoms with Crippen molar-refractivity contribution in [1.82, 2.24) is 14.8 Å². The number of rotatable bonds is 3. The lowest BCUT2D eigenvalue weighted by atomic mass is 10.3. The standard InChI is InChI=1S/C9H13N3O2/c1-3-12-5(2)10-11-8(12)6-4-7(6)9(13)14/h6-7H,3-4H2,1-2H3,(H,13,14). The molecule has 0 amide bonds. The third-order valence-corrected chi connectivity index (χ3v) is 2.72. The van der Waals surface area contributed by atoms with Crippen molar-refractivity contribution in [2.45, 2.75) is 32.7 Å². The number of carboxylic acids is 1. The highest BCUT2D eigenvalue weighted by Crippen LogP contribution is 2.46. The zero-order valence-electron chi connectivity index (χ0n) is 8.27. The van der Waals surface area contributed by atoms with Crippen molar-refractivity contribution in [2.75, 3.05) is 0 Å². The molecule has 1 aromatic heterocycles. The fraction of sp³-hybridized carbons (Fsp3) is 0.667. The molecule has 1 saturated carbocycles. The van der Waals surface area contributed by atoms with Crippen LogP contribution >= 0.6 is 0 Å². The van der Waals surface area contributed by atoms with E-state index in [0.29, 0.717) is 6.42 Å². The van der Waals surface area contributed by atoms with Crippen LogP contribution in [0.1, 0.15) is 30.9 Å². The van der Waals surface area contributed by atoms with E-state index in [1.165, 1.54) is 0 Å². The van der Waals surface area contributed by atoms with Crippen LogP contribution < -0.4 is 0 Å². The number of hydrogen-bond acceptors (Lipinski definition) is 3. The van der Waals surface area contributed by atoms with Crippen LogP contribution in [0.3, 0.4) is 0 Å². The van der Waals surface area contributed by atoms with Crippen molar-refractivity contribution >= 4 is 5.97 Å². The summed E-state index contributed by atoms with van der Waals surface area (Å²) in [6.07, 6.45) is 0.702. The Balaban J connectivity index is 2.22. The number of aryl methyl sites for hydroxylation is 1. The average Bonchev–Trinajstić information content (AvgIpc) is 2.85. The molecule has 2 atom stereocenters. The number of carboxylic acid groups (broad SMARTS) is 1. The van der Waals surface area contributed by atoms with Crippen molar-refractivity contribution in [3.05, 3.63) is 11.6 Å². The summed E-state index contributed by atoms with van der Waals surface area (Å²) in [4.78, 5) is 10.7. The molecule has 2 unspecified atom stereocenters. The van der Waals surface area contributed by atoms with Gasteiger partial charge in [0.25, 0.3) is 0 Å². The molecule has 76 valence electrons. The molecule has 14 heavy (non-hydrogen) atoms. The highest BCUT2D eigenvalue weighted by Gasteiger charge is 2.47. The Kier molecular flexibility index (Phi) is 2.02. The highest BCUT2D eigenvalue weighted by atomic mass is 16.4. The van der Waals surface area contributed by atoms with Crippen molar-refractivity contribution in [2.24, 2.45) is 5.92 Å². The Morgan fingerprint density at radius 3 is 2.86 bits per heavy atom. The molecule has 1 fully saturated rings. The van der Waals surface area contributed by atoms with Gasteiger partial charge in [0, 0.05) is 12.5 Å². The predicted molar refractivity (Wildman–Crippen MR) is 48.9 cm³/mol. The summed E-state index contributed by atoms with van der Waals surface area (Å²) in [7, 11) is 0. The minimum atomic E-state index is -0.724. The molecule has 5 heteroatoms. The summed E-state index contributed by atoms with van der Waals surface area (Å²) < 4.78 is 1.98. The first-order chi connectivity index (χ1) is 6.65. The maximum Gasteiger partial charge on any atom is 0.307 e. The van der Waals surface area contributed by atoms with E-state index in [-0.39, 0.29) is 11.8 Å². The van der Waals surface area contributed by atoms with Gasteiger partial charge in [0.15, 0.2) is 0 Å². The van der Waals surface area contributed by atoms with Crippen molar-refractivity contribution in [3.63, 3.8) is 0 Å². The van der Waals surface area contributed by atoms with Crippen molar-refractivity contribution in [1.29, 1.82) is 0 Å². The van der Waals surface area contributed by atoms with Crippen LogP contribution in [0.15, 0.2) is 0 Å². The lowest BCUT2D eigenvalue weighted by Gasteiger charge is -2.03. The number of aromatic nitrogens is 3. The summed E-state index contributed by atoms with van der Waals surface area (Å²) in [5.74, 6) is 0.798. The molecule has 0 aliphatic heterocycles. The van der Waals surface area contributed by atoms with E-state index in [0.717, 1.165) is 18.2 Å². The van der Waals surface area contributed by atoms with Gasteiger partial charge in [-0.3, -0.25) is 4.79 Å². The van der Waals surface area contributed by atoms with E-state index in [9.17, 15) is 4.79 Å². The SMILES string of the molecule is CCn1c(C)nnc1C1CC1C(=O)O. The van der Waals surface area contributed by atoms with E-state index in [1.54, 1.807) is 0 Å². The maximum atomic E-state index is 10.7. The van der Waals surface area contributed by atoms with Gasteiger partial charge in [0.2, 0.25) is 0 Å². The fourth-order valence-electron chi connectivity index (χ4n) is 1.82. The third-order valence-electron chi connectivity index (χ3n) is 2.72. The molecular formula is C9H13N3O2. The Bertz CT molecular complexity index is 372. The summed E-state index contributed by atoms with van der Waals surface area (Å²) >= 11 is 0. The van der Waals surface area contributed by atoms with Crippen LogP contribution in [0.2, 0.25) is 0 Å². The summed E-state index contributed by atoms with van der Waals surface area (Å²) in [5, 5.41) is 16.8. The molecule has 1 aliphatic carbocycles. The van der Waals surface area contributed by atoms with E-state index < -0.39 is 5.97 Å². The molecule has 0 aromatic carbocycles. The molecule has 0 radical (unpaired) electrons. The van der Waals surface area contributed by atoms with Gasteiger partial charge >= 0.3 is 5.97 Å². The van der Waals surface area contributed by atoms with Gasteiger partial charge in [0.1, 0.15) is 11.6 Å². The number of aliphatic carboxylic acids is 1. The monoisotopic (exact) mass is 195 g/mol. The minimum Gasteiger partial charge on any atom is -0.481 e. The van der Waals surface area contributed by atoms with Gasteiger partial charge in [0.05, 0.1) is 5.92 Å². The first kappa shape index (κ1) is 9.18. The molecule has 2 rings (SSSR count). The highest BCUT2D eigenvalue weighted by molar-refractivity contribution is 5.74. The van der Waals surface area contributed by atoms with Crippen LogP contribution in [0.25, 0.3) is 0 Å². The Hall–Kier alpha value is -1.39. The molecule has 1 heterocycles. The third kappa shape index (κ3) is 1.29. The van der Waals surface area contributed by atoms with Crippen LogP contribution in [0.4, 0.5) is 0 Å². The van der Waals surface area contributed by atoms with Crippen molar-refractivity contribution < 1.29 is 9.90 Å². The van der Waals surface area contributed by atoms with Gasteiger partial charge < -0.3 is 9.67 Å². The topological polar surface area (TPSA) is 68.0 Å². The van der Waals surface area contributed by atoms with Gasteiger partial charge in [-0.1, -0.05) is 0 Å². The fourth-order valence-corrected chi connectivity index (χ4v) is 1.82. The zero-order valence-corrected chi connectivity index (χ0v) is 8.27. The molecule has 1 aliphatic rings. The molecule has 5 nitrogen and oxygen atoms in total. The lowest BCUT2D eigenvalue weighted by molar-refractivity contribution is -0.138. The van der Waals surface area contributed by atoms with Crippen LogP contribution in [0.5, 0.6) is 0 Å². The number of hydrogen-bond donors (Lipinski definition) is 1. The van der Waals surface area contributed by atoms with Gasteiger partial charge in [-0.2, -0.15) is 0 Å². The lowest BCUT2D eigenvalue weighted by Crippen LogP contribution is -2.05. The van der Waals surface area contributed by atoms with E-state index in [1.807, 2.05) is 18.4 Å². The second-order valence-corrected chi connectivity index (χ2v) is 3.64. The molecule has 1 N–H and O–H groups in total. The first-order valence-corrected chi connectivity index (χ1v) is 4.77. The zero-order chi connectivity index (χ0) is 10.3. The smallest absolute Gasteiger partial charge is 0.307 e. The minimum absolute atomic E-state index is 0.0775.